The molecule has 2 aliphatic rings. The quantitative estimate of drug-likeness (QED) is 0.213. The molecule has 7 aromatic carbocycles. The molecule has 0 bridgehead atoms. The summed E-state index contributed by atoms with van der Waals surface area (Å²) in [4.78, 5) is 0. The summed E-state index contributed by atoms with van der Waals surface area (Å²) in [5.41, 5.74) is 15.5. The van der Waals surface area contributed by atoms with Crippen molar-refractivity contribution in [2.24, 2.45) is 0 Å². The lowest BCUT2D eigenvalue weighted by molar-refractivity contribution is 0.795. The molecule has 2 aliphatic carbocycles. The third kappa shape index (κ3) is 2.94. The second kappa shape index (κ2) is 8.40. The molecule has 0 radical (unpaired) electrons. The van der Waals surface area contributed by atoms with Crippen LogP contribution in [0.3, 0.4) is 0 Å². The number of hydrogen-bond acceptors (Lipinski definition) is 0. The third-order valence-electron chi connectivity index (χ3n) is 9.29. The van der Waals surface area contributed by atoms with Crippen molar-refractivity contribution in [3.8, 4) is 44.5 Å². The number of hydrogen-bond donors (Lipinski definition) is 0. The molecule has 0 nitrogen and oxygen atoms in total. The molecule has 0 saturated heterocycles. The maximum absolute atomic E-state index is 2.51. The normalized spacial score (nSPS) is 13.6. The molecule has 0 amide bonds. The average Bonchev–Trinajstić information content (AvgIpc) is 3.52. The Morgan fingerprint density at radius 2 is 0.854 bits per heavy atom. The highest BCUT2D eigenvalue weighted by Crippen LogP contribution is 2.64. The van der Waals surface area contributed by atoms with Crippen LogP contribution in [-0.2, 0) is 5.41 Å². The van der Waals surface area contributed by atoms with Crippen LogP contribution in [0.4, 0.5) is 0 Å². The van der Waals surface area contributed by atoms with Gasteiger partial charge in [0.2, 0.25) is 0 Å². The predicted octanol–water partition coefficient (Wildman–Crippen LogP) is 10.5. The molecule has 0 fully saturated rings. The van der Waals surface area contributed by atoms with Crippen molar-refractivity contribution in [1.82, 2.24) is 0 Å². The van der Waals surface area contributed by atoms with Crippen molar-refractivity contribution < 1.29 is 0 Å². The second-order valence-electron chi connectivity index (χ2n) is 11.2. The zero-order valence-electron chi connectivity index (χ0n) is 22.5. The average molecular weight is 519 g/mol. The Hall–Kier alpha value is -5.20. The smallest absolute Gasteiger partial charge is 0.0622 e. The lowest BCUT2D eigenvalue weighted by Crippen LogP contribution is -2.26. The van der Waals surface area contributed by atoms with Gasteiger partial charge in [0.25, 0.3) is 0 Å². The second-order valence-corrected chi connectivity index (χ2v) is 11.2. The topological polar surface area (TPSA) is 0 Å². The Morgan fingerprint density at radius 3 is 1.54 bits per heavy atom. The van der Waals surface area contributed by atoms with Gasteiger partial charge >= 0.3 is 0 Å². The minimum atomic E-state index is -0.393. The van der Waals surface area contributed by atoms with Gasteiger partial charge in [-0.05, 0) is 89.7 Å². The zero-order chi connectivity index (χ0) is 27.0. The van der Waals surface area contributed by atoms with E-state index >= 15 is 0 Å². The van der Waals surface area contributed by atoms with Gasteiger partial charge in [0.15, 0.2) is 0 Å². The fraction of sp³-hybridized carbons (Fsp3) is 0.0244. The highest BCUT2D eigenvalue weighted by molar-refractivity contribution is 6.11. The van der Waals surface area contributed by atoms with E-state index in [1.807, 2.05) is 0 Å². The van der Waals surface area contributed by atoms with E-state index in [-0.39, 0.29) is 0 Å². The van der Waals surface area contributed by atoms with Crippen molar-refractivity contribution in [2.75, 3.05) is 0 Å². The van der Waals surface area contributed by atoms with Crippen LogP contribution in [0, 0.1) is 0 Å². The Morgan fingerprint density at radius 1 is 0.293 bits per heavy atom. The molecule has 9 rings (SSSR count). The first kappa shape index (κ1) is 22.6. The summed E-state index contributed by atoms with van der Waals surface area (Å²) in [6, 6.07) is 58.4. The molecule has 7 aromatic rings. The predicted molar refractivity (Wildman–Crippen MR) is 171 cm³/mol. The summed E-state index contributed by atoms with van der Waals surface area (Å²) in [6.45, 7) is 0. The van der Waals surface area contributed by atoms with Crippen molar-refractivity contribution in [3.63, 3.8) is 0 Å². The molecule has 0 heteroatoms. The summed E-state index contributed by atoms with van der Waals surface area (Å²) in [5.74, 6) is 0. The number of fused-ring (bicyclic) bond motifs is 12. The minimum Gasteiger partial charge on any atom is -0.0622 e. The van der Waals surface area contributed by atoms with Gasteiger partial charge in [0, 0.05) is 0 Å². The Labute approximate surface area is 240 Å². The van der Waals surface area contributed by atoms with Crippen molar-refractivity contribution in [2.45, 2.75) is 5.41 Å². The highest BCUT2D eigenvalue weighted by atomic mass is 14.5. The summed E-state index contributed by atoms with van der Waals surface area (Å²) >= 11 is 0. The SMILES string of the molecule is c1ccc(-c2ccc3c(c2)C2(c4ccccc4-c4ccccc42)c2cc(-c4ccccc4)c4ccccc4c2-3)cc1. The first-order chi connectivity index (χ1) is 20.4. The van der Waals surface area contributed by atoms with E-state index in [0.29, 0.717) is 0 Å². The lowest BCUT2D eigenvalue weighted by atomic mass is 9.69. The fourth-order valence-electron chi connectivity index (χ4n) is 7.66. The molecule has 0 heterocycles. The molecule has 1 spiro atoms. The molecule has 0 atom stereocenters. The zero-order valence-corrected chi connectivity index (χ0v) is 22.5. The van der Waals surface area contributed by atoms with Gasteiger partial charge in [-0.15, -0.1) is 0 Å². The molecule has 0 N–H and O–H groups in total. The van der Waals surface area contributed by atoms with Gasteiger partial charge < -0.3 is 0 Å². The van der Waals surface area contributed by atoms with E-state index < -0.39 is 5.41 Å². The Kier molecular flexibility index (Phi) is 4.63. The number of rotatable bonds is 2. The summed E-state index contributed by atoms with van der Waals surface area (Å²) in [7, 11) is 0. The maximum Gasteiger partial charge on any atom is 0.0726 e. The van der Waals surface area contributed by atoms with Crippen molar-refractivity contribution >= 4 is 10.8 Å². The first-order valence-corrected chi connectivity index (χ1v) is 14.4. The van der Waals surface area contributed by atoms with Crippen molar-refractivity contribution in [3.05, 3.63) is 180 Å². The van der Waals surface area contributed by atoms with Crippen LogP contribution in [0.15, 0.2) is 158 Å². The van der Waals surface area contributed by atoms with E-state index in [4.69, 9.17) is 0 Å². The van der Waals surface area contributed by atoms with Crippen LogP contribution in [0.25, 0.3) is 55.3 Å². The van der Waals surface area contributed by atoms with E-state index in [9.17, 15) is 0 Å². The van der Waals surface area contributed by atoms with E-state index in [2.05, 4.69) is 158 Å². The van der Waals surface area contributed by atoms with Crippen LogP contribution in [0.5, 0.6) is 0 Å². The molecule has 0 aliphatic heterocycles. The third-order valence-corrected chi connectivity index (χ3v) is 9.29. The van der Waals surface area contributed by atoms with Crippen LogP contribution in [0.1, 0.15) is 22.3 Å². The fourth-order valence-corrected chi connectivity index (χ4v) is 7.66. The molecule has 0 aromatic heterocycles. The van der Waals surface area contributed by atoms with Gasteiger partial charge in [-0.1, -0.05) is 146 Å². The molecular formula is C41H26. The monoisotopic (exact) mass is 518 g/mol. The highest BCUT2D eigenvalue weighted by Gasteiger charge is 2.52. The summed E-state index contributed by atoms with van der Waals surface area (Å²) in [5, 5.41) is 2.61. The maximum atomic E-state index is 2.51. The van der Waals surface area contributed by atoms with Gasteiger partial charge in [0.1, 0.15) is 0 Å². The Bertz CT molecular complexity index is 2090. The van der Waals surface area contributed by atoms with Crippen molar-refractivity contribution in [1.29, 1.82) is 0 Å². The molecular weight excluding hydrogens is 492 g/mol. The largest absolute Gasteiger partial charge is 0.0726 e. The molecule has 190 valence electrons. The standard InChI is InChI=1S/C41H26/c1-3-13-27(14-4-1)29-23-24-34-38(25-29)41(36-21-11-9-18-31(36)32-19-10-12-22-37(32)41)39-26-35(28-15-5-2-6-16-28)30-17-7-8-20-33(30)40(34)39/h1-26H. The minimum absolute atomic E-state index is 0.393. The van der Waals surface area contributed by atoms with Gasteiger partial charge in [-0.3, -0.25) is 0 Å². The van der Waals surface area contributed by atoms with Gasteiger partial charge in [-0.25, -0.2) is 0 Å². The molecule has 0 unspecified atom stereocenters. The van der Waals surface area contributed by atoms with E-state index in [0.717, 1.165) is 0 Å². The summed E-state index contributed by atoms with van der Waals surface area (Å²) < 4.78 is 0. The summed E-state index contributed by atoms with van der Waals surface area (Å²) in [6.07, 6.45) is 0. The van der Waals surface area contributed by atoms with Gasteiger partial charge in [-0.2, -0.15) is 0 Å². The molecule has 0 saturated carbocycles. The first-order valence-electron chi connectivity index (χ1n) is 14.4. The van der Waals surface area contributed by atoms with Crippen LogP contribution < -0.4 is 0 Å². The van der Waals surface area contributed by atoms with E-state index in [1.165, 1.54) is 77.5 Å². The van der Waals surface area contributed by atoms with Gasteiger partial charge in [0.05, 0.1) is 5.41 Å². The van der Waals surface area contributed by atoms with Crippen LogP contribution in [-0.4, -0.2) is 0 Å². The van der Waals surface area contributed by atoms with E-state index in [1.54, 1.807) is 0 Å². The molecule has 41 heavy (non-hydrogen) atoms. The lowest BCUT2D eigenvalue weighted by Gasteiger charge is -2.31. The Balaban J connectivity index is 1.49. The number of benzene rings is 7. The van der Waals surface area contributed by atoms with Crippen LogP contribution >= 0.6 is 0 Å². The van der Waals surface area contributed by atoms with Crippen LogP contribution in [0.2, 0.25) is 0 Å².